The van der Waals surface area contributed by atoms with Crippen LogP contribution in [-0.4, -0.2) is 33.1 Å². The summed E-state index contributed by atoms with van der Waals surface area (Å²) in [5.74, 6) is -0.197. The average Bonchev–Trinajstić information content (AvgIpc) is 3.40. The van der Waals surface area contributed by atoms with Crippen molar-refractivity contribution in [3.63, 3.8) is 0 Å². The first-order valence-electron chi connectivity index (χ1n) is 10.4. The van der Waals surface area contributed by atoms with Crippen molar-refractivity contribution in [2.24, 2.45) is 13.0 Å². The third-order valence-electron chi connectivity index (χ3n) is 5.08. The molecule has 0 saturated carbocycles. The SMILES string of the molecule is Cc1nn(C)c2nc(-c3cccs3)cc(C(=O)Nc3ccccc3C(=O)NCC(C)C)c12. The Morgan fingerprint density at radius 3 is 2.59 bits per heavy atom. The minimum absolute atomic E-state index is 0.216. The molecule has 1 aromatic carbocycles. The largest absolute Gasteiger partial charge is 0.352 e. The first-order chi connectivity index (χ1) is 15.3. The Hall–Kier alpha value is -3.52. The molecular weight excluding hydrogens is 422 g/mol. The van der Waals surface area contributed by atoms with Gasteiger partial charge in [0.2, 0.25) is 0 Å². The number of benzene rings is 1. The van der Waals surface area contributed by atoms with Crippen molar-refractivity contribution >= 4 is 39.9 Å². The molecule has 0 aliphatic heterocycles. The Bertz CT molecular complexity index is 1290. The minimum atomic E-state index is -0.310. The summed E-state index contributed by atoms with van der Waals surface area (Å²) in [4.78, 5) is 31.8. The van der Waals surface area contributed by atoms with Gasteiger partial charge in [0, 0.05) is 13.6 Å². The lowest BCUT2D eigenvalue weighted by atomic mass is 10.1. The minimum Gasteiger partial charge on any atom is -0.352 e. The Morgan fingerprint density at radius 1 is 1.09 bits per heavy atom. The molecule has 2 amide bonds. The van der Waals surface area contributed by atoms with Crippen molar-refractivity contribution in [3.05, 3.63) is 64.7 Å². The fraction of sp³-hybridized carbons (Fsp3) is 0.250. The van der Waals surface area contributed by atoms with Gasteiger partial charge in [0.15, 0.2) is 5.65 Å². The highest BCUT2D eigenvalue weighted by Crippen LogP contribution is 2.30. The molecular formula is C24H25N5O2S. The van der Waals surface area contributed by atoms with Gasteiger partial charge in [-0.25, -0.2) is 4.98 Å². The average molecular weight is 448 g/mol. The molecule has 4 rings (SSSR count). The Balaban J connectivity index is 1.73. The third kappa shape index (κ3) is 4.27. The van der Waals surface area contributed by atoms with Crippen LogP contribution >= 0.6 is 11.3 Å². The van der Waals surface area contributed by atoms with Crippen LogP contribution in [0.15, 0.2) is 47.8 Å². The van der Waals surface area contributed by atoms with E-state index in [0.29, 0.717) is 46.0 Å². The Morgan fingerprint density at radius 2 is 1.88 bits per heavy atom. The number of amides is 2. The lowest BCUT2D eigenvalue weighted by molar-refractivity contribution is 0.0950. The standard InChI is InChI=1S/C24H25N5O2S/c1-14(2)13-25-23(30)16-8-5-6-9-18(16)27-24(31)17-12-19(20-10-7-11-32-20)26-22-21(17)15(3)28-29(22)4/h5-12,14H,13H2,1-4H3,(H,25,30)(H,27,31). The van der Waals surface area contributed by atoms with E-state index in [0.717, 1.165) is 10.6 Å². The Labute approximate surface area is 190 Å². The lowest BCUT2D eigenvalue weighted by Crippen LogP contribution is -2.28. The highest BCUT2D eigenvalue weighted by atomic mass is 32.1. The molecule has 8 heteroatoms. The molecule has 2 N–H and O–H groups in total. The second-order valence-corrected chi connectivity index (χ2v) is 8.99. The number of para-hydroxylation sites is 1. The number of nitrogens with one attached hydrogen (secondary N) is 2. The second kappa shape index (κ2) is 8.92. The van der Waals surface area contributed by atoms with E-state index in [1.54, 1.807) is 46.4 Å². The van der Waals surface area contributed by atoms with Gasteiger partial charge in [-0.2, -0.15) is 5.10 Å². The van der Waals surface area contributed by atoms with E-state index in [2.05, 4.69) is 15.7 Å². The van der Waals surface area contributed by atoms with Crippen LogP contribution in [0.3, 0.4) is 0 Å². The number of thiophene rings is 1. The van der Waals surface area contributed by atoms with Crippen LogP contribution in [0.5, 0.6) is 0 Å². The number of nitrogens with zero attached hydrogens (tertiary/aromatic N) is 3. The molecule has 0 saturated heterocycles. The quantitative estimate of drug-likeness (QED) is 0.451. The summed E-state index contributed by atoms with van der Waals surface area (Å²) >= 11 is 1.56. The van der Waals surface area contributed by atoms with Crippen molar-refractivity contribution in [3.8, 4) is 10.6 Å². The maximum absolute atomic E-state index is 13.4. The molecule has 4 aromatic rings. The predicted molar refractivity (Wildman–Crippen MR) is 128 cm³/mol. The van der Waals surface area contributed by atoms with E-state index < -0.39 is 0 Å². The second-order valence-electron chi connectivity index (χ2n) is 8.04. The molecule has 32 heavy (non-hydrogen) atoms. The van der Waals surface area contributed by atoms with Crippen LogP contribution in [0, 0.1) is 12.8 Å². The van der Waals surface area contributed by atoms with Gasteiger partial charge in [-0.1, -0.05) is 32.0 Å². The fourth-order valence-corrected chi connectivity index (χ4v) is 4.23. The van der Waals surface area contributed by atoms with E-state index in [1.165, 1.54) is 0 Å². The highest BCUT2D eigenvalue weighted by Gasteiger charge is 2.21. The molecule has 0 fully saturated rings. The number of hydrogen-bond acceptors (Lipinski definition) is 5. The maximum Gasteiger partial charge on any atom is 0.256 e. The van der Waals surface area contributed by atoms with Gasteiger partial charge in [-0.3, -0.25) is 14.3 Å². The number of carbonyl (C=O) groups excluding carboxylic acids is 2. The third-order valence-corrected chi connectivity index (χ3v) is 5.97. The summed E-state index contributed by atoms with van der Waals surface area (Å²) in [5, 5.41) is 13.0. The van der Waals surface area contributed by atoms with Gasteiger partial charge in [0.05, 0.1) is 38.5 Å². The molecule has 0 radical (unpaired) electrons. The molecule has 164 valence electrons. The number of carbonyl (C=O) groups is 2. The molecule has 3 aromatic heterocycles. The first-order valence-corrected chi connectivity index (χ1v) is 11.3. The monoisotopic (exact) mass is 447 g/mol. The van der Waals surface area contributed by atoms with Crippen molar-refractivity contribution in [1.29, 1.82) is 0 Å². The smallest absolute Gasteiger partial charge is 0.256 e. The van der Waals surface area contributed by atoms with Crippen LogP contribution < -0.4 is 10.6 Å². The number of rotatable bonds is 6. The molecule has 7 nitrogen and oxygen atoms in total. The number of anilines is 1. The zero-order valence-corrected chi connectivity index (χ0v) is 19.3. The van der Waals surface area contributed by atoms with Crippen LogP contribution in [0.1, 0.15) is 40.3 Å². The molecule has 0 unspecified atom stereocenters. The fourth-order valence-electron chi connectivity index (χ4n) is 3.55. The normalized spacial score (nSPS) is 11.2. The zero-order chi connectivity index (χ0) is 22.8. The number of hydrogen-bond donors (Lipinski definition) is 2. The first kappa shape index (κ1) is 21.7. The van der Waals surface area contributed by atoms with E-state index >= 15 is 0 Å². The van der Waals surface area contributed by atoms with Gasteiger partial charge in [0.25, 0.3) is 11.8 Å². The summed E-state index contributed by atoms with van der Waals surface area (Å²) < 4.78 is 1.69. The predicted octanol–water partition coefficient (Wildman–Crippen LogP) is 4.64. The van der Waals surface area contributed by atoms with Crippen LogP contribution in [0.2, 0.25) is 0 Å². The molecule has 3 heterocycles. The van der Waals surface area contributed by atoms with Gasteiger partial charge in [0.1, 0.15) is 0 Å². The summed E-state index contributed by atoms with van der Waals surface area (Å²) in [6.07, 6.45) is 0. The van der Waals surface area contributed by atoms with E-state index in [9.17, 15) is 9.59 Å². The summed E-state index contributed by atoms with van der Waals surface area (Å²) in [5.41, 5.74) is 3.43. The maximum atomic E-state index is 13.4. The number of pyridine rings is 1. The van der Waals surface area contributed by atoms with E-state index in [1.807, 2.05) is 45.3 Å². The highest BCUT2D eigenvalue weighted by molar-refractivity contribution is 7.13. The number of aryl methyl sites for hydroxylation is 2. The van der Waals surface area contributed by atoms with Crippen molar-refractivity contribution in [2.75, 3.05) is 11.9 Å². The lowest BCUT2D eigenvalue weighted by Gasteiger charge is -2.13. The molecule has 0 bridgehead atoms. The van der Waals surface area contributed by atoms with Gasteiger partial charge < -0.3 is 10.6 Å². The summed E-state index contributed by atoms with van der Waals surface area (Å²) in [7, 11) is 1.82. The van der Waals surface area contributed by atoms with Crippen molar-refractivity contribution in [1.82, 2.24) is 20.1 Å². The van der Waals surface area contributed by atoms with E-state index in [-0.39, 0.29) is 11.8 Å². The van der Waals surface area contributed by atoms with Crippen molar-refractivity contribution in [2.45, 2.75) is 20.8 Å². The summed E-state index contributed by atoms with van der Waals surface area (Å²) in [6.45, 7) is 6.48. The number of fused-ring (bicyclic) bond motifs is 1. The molecule has 0 atom stereocenters. The van der Waals surface area contributed by atoms with Gasteiger partial charge >= 0.3 is 0 Å². The topological polar surface area (TPSA) is 88.9 Å². The van der Waals surface area contributed by atoms with E-state index in [4.69, 9.17) is 4.98 Å². The molecule has 0 spiro atoms. The van der Waals surface area contributed by atoms with Crippen LogP contribution in [-0.2, 0) is 7.05 Å². The zero-order valence-electron chi connectivity index (χ0n) is 18.5. The Kier molecular flexibility index (Phi) is 6.05. The molecule has 0 aliphatic carbocycles. The number of aromatic nitrogens is 3. The molecule has 0 aliphatic rings. The summed E-state index contributed by atoms with van der Waals surface area (Å²) in [6, 6.07) is 12.7. The van der Waals surface area contributed by atoms with Crippen LogP contribution in [0.4, 0.5) is 5.69 Å². The van der Waals surface area contributed by atoms with Gasteiger partial charge in [-0.15, -0.1) is 11.3 Å². The van der Waals surface area contributed by atoms with Crippen molar-refractivity contribution < 1.29 is 9.59 Å². The van der Waals surface area contributed by atoms with Crippen LogP contribution in [0.25, 0.3) is 21.6 Å². The van der Waals surface area contributed by atoms with Gasteiger partial charge in [-0.05, 0) is 42.5 Å².